The number of carbonyl (C=O) groups excluding carboxylic acids is 1. The van der Waals surface area contributed by atoms with Crippen LogP contribution in [0.15, 0.2) is 42.5 Å². The maximum Gasteiger partial charge on any atom is 0.543 e. The molecule has 0 aliphatic rings. The molecule has 208 valence electrons. The molecule has 10 heteroatoms. The fourth-order valence-corrected chi connectivity index (χ4v) is 7.62. The summed E-state index contributed by atoms with van der Waals surface area (Å²) in [5.41, 5.74) is -0.136. The van der Waals surface area contributed by atoms with Crippen LogP contribution in [-0.2, 0) is 36.1 Å². The first-order valence-corrected chi connectivity index (χ1v) is 16.0. The van der Waals surface area contributed by atoms with Crippen molar-refractivity contribution in [1.29, 1.82) is 0 Å². The molecule has 0 spiro atoms. The van der Waals surface area contributed by atoms with Crippen molar-refractivity contribution in [3.8, 4) is 0 Å². The highest BCUT2D eigenvalue weighted by molar-refractivity contribution is 6.75. The zero-order chi connectivity index (χ0) is 27.5. The molecule has 0 fully saturated rings. The lowest BCUT2D eigenvalue weighted by atomic mass is 10.1. The third-order valence-corrected chi connectivity index (χ3v) is 11.4. The molecule has 0 saturated heterocycles. The number of ether oxygens (including phenoxy) is 1. The number of hydrogen-bond donors (Lipinski definition) is 0. The zero-order valence-corrected chi connectivity index (χ0v) is 25.6. The maximum absolute atomic E-state index is 11.9. The van der Waals surface area contributed by atoms with Crippen molar-refractivity contribution in [3.63, 3.8) is 0 Å². The Morgan fingerprint density at radius 3 is 1.67 bits per heavy atom. The van der Waals surface area contributed by atoms with Crippen LogP contribution in [0.1, 0.15) is 65.2 Å². The summed E-state index contributed by atoms with van der Waals surface area (Å²) in [5.74, 6) is -0.430. The van der Waals surface area contributed by atoms with Crippen molar-refractivity contribution in [1.82, 2.24) is 0 Å². The molecular formula is C26H48O8Si2. The van der Waals surface area contributed by atoms with Crippen LogP contribution in [-0.4, -0.2) is 72.0 Å². The minimum atomic E-state index is -3.02. The highest BCUT2D eigenvalue weighted by Gasteiger charge is 2.50. The highest BCUT2D eigenvalue weighted by Crippen LogP contribution is 2.22. The number of rotatable bonds is 18. The van der Waals surface area contributed by atoms with E-state index >= 15 is 0 Å². The Balaban J connectivity index is 0.000000790. The molecule has 0 aliphatic carbocycles. The number of hydrogen-bond acceptors (Lipinski definition) is 8. The lowest BCUT2D eigenvalue weighted by Gasteiger charge is -2.31. The summed E-state index contributed by atoms with van der Waals surface area (Å²) in [6.07, 6.45) is 9.02. The van der Waals surface area contributed by atoms with Crippen LogP contribution in [0.3, 0.4) is 0 Å². The summed E-state index contributed by atoms with van der Waals surface area (Å²) in [6.45, 7) is 7.47. The number of unbranched alkanes of at least 4 members (excludes halogenated alkanes) is 6. The third-order valence-electron chi connectivity index (χ3n) is 5.85. The monoisotopic (exact) mass is 544 g/mol. The van der Waals surface area contributed by atoms with E-state index in [-0.39, 0.29) is 0 Å². The predicted octanol–water partition coefficient (Wildman–Crippen LogP) is 4.80. The molecule has 0 radical (unpaired) electrons. The van der Waals surface area contributed by atoms with E-state index in [0.29, 0.717) is 12.0 Å². The van der Waals surface area contributed by atoms with Crippen LogP contribution >= 0.6 is 0 Å². The van der Waals surface area contributed by atoms with E-state index in [2.05, 4.69) is 13.5 Å². The van der Waals surface area contributed by atoms with E-state index < -0.39 is 29.3 Å². The van der Waals surface area contributed by atoms with Gasteiger partial charge in [0.15, 0.2) is 5.73 Å². The molecule has 0 heterocycles. The second-order valence-electron chi connectivity index (χ2n) is 8.33. The molecule has 1 aromatic carbocycles. The lowest BCUT2D eigenvalue weighted by molar-refractivity contribution is -0.144. The van der Waals surface area contributed by atoms with Crippen LogP contribution in [0, 0.1) is 0 Å². The zero-order valence-electron chi connectivity index (χ0n) is 23.6. The normalized spacial score (nSPS) is 12.4. The van der Waals surface area contributed by atoms with E-state index in [1.54, 1.807) is 28.3 Å². The molecule has 0 aliphatic heterocycles. The fourth-order valence-electron chi connectivity index (χ4n) is 3.71. The molecule has 0 N–H and O–H groups in total. The van der Waals surface area contributed by atoms with Gasteiger partial charge in [0, 0.05) is 53.4 Å². The van der Waals surface area contributed by atoms with E-state index in [0.717, 1.165) is 18.0 Å². The van der Waals surface area contributed by atoms with Gasteiger partial charge in [-0.25, -0.2) is 4.79 Å². The minimum absolute atomic E-state index is 0.362. The van der Waals surface area contributed by atoms with Crippen molar-refractivity contribution in [3.05, 3.63) is 42.5 Å². The Bertz CT molecular complexity index is 693. The number of esters is 1. The van der Waals surface area contributed by atoms with E-state index in [1.165, 1.54) is 53.4 Å². The molecule has 0 amide bonds. The Morgan fingerprint density at radius 2 is 1.25 bits per heavy atom. The minimum Gasteiger partial charge on any atom is -0.454 e. The van der Waals surface area contributed by atoms with Crippen molar-refractivity contribution >= 4 is 28.8 Å². The van der Waals surface area contributed by atoms with Gasteiger partial charge in [-0.3, -0.25) is 0 Å². The van der Waals surface area contributed by atoms with Crippen LogP contribution in [0.25, 0.3) is 0 Å². The Morgan fingerprint density at radius 1 is 0.778 bits per heavy atom. The van der Waals surface area contributed by atoms with Crippen molar-refractivity contribution in [2.75, 3.05) is 42.7 Å². The summed E-state index contributed by atoms with van der Waals surface area (Å²) >= 11 is 0. The van der Waals surface area contributed by atoms with Crippen molar-refractivity contribution < 1.29 is 36.1 Å². The predicted molar refractivity (Wildman–Crippen MR) is 147 cm³/mol. The Kier molecular flexibility index (Phi) is 18.9. The first-order valence-electron chi connectivity index (χ1n) is 12.5. The van der Waals surface area contributed by atoms with Crippen molar-refractivity contribution in [2.24, 2.45) is 0 Å². The second-order valence-corrected chi connectivity index (χ2v) is 14.3. The van der Waals surface area contributed by atoms with Gasteiger partial charge in [-0.2, -0.15) is 0 Å². The topological polar surface area (TPSA) is 81.7 Å². The SMILES string of the molecule is C=C(C)C(=O)OC(CCCCCCCCC)[Si](OC)(OC)OC.CO[Si](OC)(OC)c1ccccc1. The van der Waals surface area contributed by atoms with Gasteiger partial charge in [0.2, 0.25) is 0 Å². The lowest BCUT2D eigenvalue weighted by Crippen LogP contribution is -2.56. The van der Waals surface area contributed by atoms with E-state index in [4.69, 9.17) is 31.3 Å². The van der Waals surface area contributed by atoms with Gasteiger partial charge >= 0.3 is 23.6 Å². The Labute approximate surface area is 221 Å². The average Bonchev–Trinajstić information content (AvgIpc) is 2.91. The van der Waals surface area contributed by atoms with Crippen LogP contribution < -0.4 is 5.19 Å². The molecule has 8 nitrogen and oxygen atoms in total. The summed E-state index contributed by atoms with van der Waals surface area (Å²) in [7, 11) is 3.80. The number of benzene rings is 1. The van der Waals surface area contributed by atoms with Crippen LogP contribution in [0.2, 0.25) is 0 Å². The summed E-state index contributed by atoms with van der Waals surface area (Å²) in [4.78, 5) is 11.9. The number of carbonyl (C=O) groups is 1. The molecule has 0 saturated carbocycles. The van der Waals surface area contributed by atoms with Crippen LogP contribution in [0.5, 0.6) is 0 Å². The fraction of sp³-hybridized carbons (Fsp3) is 0.654. The summed E-state index contributed by atoms with van der Waals surface area (Å²) in [6, 6.07) is 9.72. The molecular weight excluding hydrogens is 496 g/mol. The quantitative estimate of drug-likeness (QED) is 0.113. The first-order chi connectivity index (χ1) is 17.3. The molecule has 1 atom stereocenters. The van der Waals surface area contributed by atoms with Gasteiger partial charge in [0.05, 0.1) is 0 Å². The second kappa shape index (κ2) is 19.7. The summed E-state index contributed by atoms with van der Waals surface area (Å²) < 4.78 is 37.9. The molecule has 36 heavy (non-hydrogen) atoms. The summed E-state index contributed by atoms with van der Waals surface area (Å²) in [5, 5.41) is 0.975. The maximum atomic E-state index is 11.9. The van der Waals surface area contributed by atoms with Gasteiger partial charge in [-0.15, -0.1) is 0 Å². The van der Waals surface area contributed by atoms with Gasteiger partial charge in [-0.05, 0) is 19.8 Å². The third kappa shape index (κ3) is 11.3. The van der Waals surface area contributed by atoms with E-state index in [1.807, 2.05) is 30.3 Å². The Hall–Kier alpha value is -1.38. The first kappa shape index (κ1) is 34.6. The standard InChI is InChI=1S/C17H34O5Si.C9H14O3Si/c1-7-8-9-10-11-12-13-14-16(22-17(18)15(2)3)23(19-4,20-5)21-6;1-10-13(11-2,12-3)9-7-5-4-6-8-9/h16H,2,7-14H2,1,3-6H3;4-8H,1-3H3. The smallest absolute Gasteiger partial charge is 0.454 e. The van der Waals surface area contributed by atoms with Crippen LogP contribution in [0.4, 0.5) is 0 Å². The van der Waals surface area contributed by atoms with Crippen molar-refractivity contribution in [2.45, 2.75) is 70.9 Å². The average molecular weight is 545 g/mol. The largest absolute Gasteiger partial charge is 0.543 e. The van der Waals surface area contributed by atoms with E-state index in [9.17, 15) is 4.79 Å². The molecule has 1 unspecified atom stereocenters. The molecule has 0 aromatic heterocycles. The van der Waals surface area contributed by atoms with Gasteiger partial charge in [-0.1, -0.05) is 82.4 Å². The van der Waals surface area contributed by atoms with Gasteiger partial charge in [0.1, 0.15) is 0 Å². The molecule has 1 rings (SSSR count). The van der Waals surface area contributed by atoms with Gasteiger partial charge < -0.3 is 31.3 Å². The van der Waals surface area contributed by atoms with Gasteiger partial charge in [0.25, 0.3) is 0 Å². The molecule has 1 aromatic rings. The molecule has 0 bridgehead atoms. The highest BCUT2D eigenvalue weighted by atomic mass is 28.4.